The van der Waals surface area contributed by atoms with E-state index >= 15 is 0 Å². The molecule has 0 aromatic heterocycles. The van der Waals surface area contributed by atoms with Crippen LogP contribution in [0.5, 0.6) is 5.75 Å². The highest BCUT2D eigenvalue weighted by Gasteiger charge is 2.34. The van der Waals surface area contributed by atoms with Crippen molar-refractivity contribution in [2.24, 2.45) is 0 Å². The summed E-state index contributed by atoms with van der Waals surface area (Å²) >= 11 is 0. The number of benzene rings is 1. The van der Waals surface area contributed by atoms with Gasteiger partial charge < -0.3 is 15.3 Å². The molecule has 1 aliphatic heterocycles. The van der Waals surface area contributed by atoms with Gasteiger partial charge in [0.05, 0.1) is 6.10 Å². The van der Waals surface area contributed by atoms with E-state index in [-0.39, 0.29) is 12.3 Å². The molecule has 0 saturated heterocycles. The van der Waals surface area contributed by atoms with Gasteiger partial charge in [-0.25, -0.2) is 0 Å². The number of aliphatic carboxylic acids is 1. The molecule has 1 heterocycles. The molecule has 0 unspecified atom stereocenters. The summed E-state index contributed by atoms with van der Waals surface area (Å²) < 4.78 is 0. The maximum Gasteiger partial charge on any atom is 0.325 e. The zero-order valence-electron chi connectivity index (χ0n) is 8.79. The second-order valence-electron chi connectivity index (χ2n) is 4.01. The van der Waals surface area contributed by atoms with Crippen LogP contribution in [0, 0.1) is 0 Å². The number of rotatable bonds is 1. The maximum atomic E-state index is 11.1. The monoisotopic (exact) mass is 223 g/mol. The van der Waals surface area contributed by atoms with E-state index < -0.39 is 18.1 Å². The van der Waals surface area contributed by atoms with Crippen LogP contribution in [0.4, 0.5) is 0 Å². The third kappa shape index (κ3) is 1.64. The third-order valence-corrected chi connectivity index (χ3v) is 2.86. The van der Waals surface area contributed by atoms with Gasteiger partial charge in [-0.05, 0) is 30.3 Å². The number of aliphatic hydroxyl groups excluding tert-OH is 1. The van der Waals surface area contributed by atoms with Crippen molar-refractivity contribution in [1.82, 2.24) is 4.90 Å². The molecule has 5 nitrogen and oxygen atoms in total. The highest BCUT2D eigenvalue weighted by molar-refractivity contribution is 5.76. The van der Waals surface area contributed by atoms with Crippen LogP contribution in [0.25, 0.3) is 0 Å². The van der Waals surface area contributed by atoms with Gasteiger partial charge in [-0.1, -0.05) is 6.07 Å². The molecule has 16 heavy (non-hydrogen) atoms. The quantitative estimate of drug-likeness (QED) is 0.645. The van der Waals surface area contributed by atoms with Gasteiger partial charge in [-0.15, -0.1) is 0 Å². The number of nitrogens with zero attached hydrogens (tertiary/aromatic N) is 1. The van der Waals surface area contributed by atoms with Gasteiger partial charge in [0.25, 0.3) is 0 Å². The van der Waals surface area contributed by atoms with E-state index in [4.69, 9.17) is 5.11 Å². The Morgan fingerprint density at radius 3 is 2.75 bits per heavy atom. The fourth-order valence-corrected chi connectivity index (χ4v) is 2.14. The summed E-state index contributed by atoms with van der Waals surface area (Å²) in [6.07, 6.45) is -0.761. The van der Waals surface area contributed by atoms with E-state index in [1.807, 2.05) is 0 Å². The average molecular weight is 223 g/mol. The summed E-state index contributed by atoms with van der Waals surface area (Å²) in [6.45, 7) is 0.243. The summed E-state index contributed by atoms with van der Waals surface area (Å²) in [4.78, 5) is 12.7. The van der Waals surface area contributed by atoms with Crippen LogP contribution in [0.2, 0.25) is 0 Å². The van der Waals surface area contributed by atoms with Gasteiger partial charge in [0.15, 0.2) is 0 Å². The van der Waals surface area contributed by atoms with Crippen LogP contribution in [-0.2, 0) is 4.79 Å². The summed E-state index contributed by atoms with van der Waals surface area (Å²) in [7, 11) is 1.65. The van der Waals surface area contributed by atoms with Crippen molar-refractivity contribution in [3.63, 3.8) is 0 Å². The molecule has 0 saturated carbocycles. The molecular formula is C11H13NO4. The number of β-amino-alcohol motifs (C(OH)–C–C–N with tert-alkyl or cyclic N) is 1. The van der Waals surface area contributed by atoms with E-state index in [1.54, 1.807) is 18.0 Å². The van der Waals surface area contributed by atoms with E-state index in [0.717, 1.165) is 0 Å². The molecule has 1 aliphatic rings. The minimum atomic E-state index is -0.957. The number of phenolic OH excluding ortho intramolecular Hbond substituents is 1. The largest absolute Gasteiger partial charge is 0.508 e. The molecule has 1 aromatic carbocycles. The van der Waals surface area contributed by atoms with Crippen LogP contribution >= 0.6 is 0 Å². The van der Waals surface area contributed by atoms with Crippen molar-refractivity contribution in [2.75, 3.05) is 13.6 Å². The first-order chi connectivity index (χ1) is 7.50. The lowest BCUT2D eigenvalue weighted by Gasteiger charge is -2.34. The molecule has 0 spiro atoms. The van der Waals surface area contributed by atoms with Gasteiger partial charge >= 0.3 is 5.97 Å². The number of phenols is 1. The topological polar surface area (TPSA) is 81.0 Å². The molecule has 0 fully saturated rings. The summed E-state index contributed by atoms with van der Waals surface area (Å²) in [5.74, 6) is -0.923. The van der Waals surface area contributed by atoms with Crippen molar-refractivity contribution in [2.45, 2.75) is 12.1 Å². The normalized spacial score (nSPS) is 25.1. The first kappa shape index (κ1) is 10.9. The molecule has 1 aromatic rings. The maximum absolute atomic E-state index is 11.1. The van der Waals surface area contributed by atoms with Crippen molar-refractivity contribution in [3.8, 4) is 5.75 Å². The van der Waals surface area contributed by atoms with Crippen molar-refractivity contribution in [3.05, 3.63) is 29.3 Å². The fraction of sp³-hybridized carbons (Fsp3) is 0.364. The molecule has 0 radical (unpaired) electrons. The molecule has 0 amide bonds. The Hall–Kier alpha value is -1.59. The summed E-state index contributed by atoms with van der Waals surface area (Å²) in [5, 5.41) is 28.3. The number of carbonyl (C=O) groups is 1. The van der Waals surface area contributed by atoms with Crippen LogP contribution in [-0.4, -0.2) is 39.8 Å². The molecule has 86 valence electrons. The highest BCUT2D eigenvalue weighted by atomic mass is 16.4. The van der Waals surface area contributed by atoms with E-state index in [9.17, 15) is 15.0 Å². The molecule has 5 heteroatoms. The predicted octanol–water partition coefficient (Wildman–Crippen LogP) is 0.497. The van der Waals surface area contributed by atoms with E-state index in [1.165, 1.54) is 12.1 Å². The van der Waals surface area contributed by atoms with Crippen LogP contribution in [0.1, 0.15) is 23.3 Å². The number of carboxylic acid groups (broad SMARTS) is 1. The molecule has 2 atom stereocenters. The van der Waals surface area contributed by atoms with Crippen LogP contribution in [0.3, 0.4) is 0 Å². The number of fused-ring (bicyclic) bond motifs is 1. The molecule has 0 aliphatic carbocycles. The van der Waals surface area contributed by atoms with Gasteiger partial charge in [-0.2, -0.15) is 0 Å². The lowest BCUT2D eigenvalue weighted by atomic mass is 9.91. The molecule has 2 rings (SSSR count). The molecule has 3 N–H and O–H groups in total. The Kier molecular flexibility index (Phi) is 2.57. The zero-order valence-corrected chi connectivity index (χ0v) is 8.79. The van der Waals surface area contributed by atoms with E-state index in [2.05, 4.69) is 0 Å². The van der Waals surface area contributed by atoms with Crippen LogP contribution < -0.4 is 0 Å². The highest BCUT2D eigenvalue weighted by Crippen LogP contribution is 2.35. The first-order valence-electron chi connectivity index (χ1n) is 4.94. The van der Waals surface area contributed by atoms with Gasteiger partial charge in [0.1, 0.15) is 11.8 Å². The lowest BCUT2D eigenvalue weighted by Crippen LogP contribution is -2.39. The van der Waals surface area contributed by atoms with E-state index in [0.29, 0.717) is 11.1 Å². The first-order valence-corrected chi connectivity index (χ1v) is 4.94. The van der Waals surface area contributed by atoms with Crippen LogP contribution in [0.15, 0.2) is 18.2 Å². The van der Waals surface area contributed by atoms with Crippen molar-refractivity contribution in [1.29, 1.82) is 0 Å². The fourth-order valence-electron chi connectivity index (χ4n) is 2.14. The Bertz CT molecular complexity index is 432. The smallest absolute Gasteiger partial charge is 0.325 e. The van der Waals surface area contributed by atoms with Gasteiger partial charge in [-0.3, -0.25) is 9.69 Å². The number of aromatic hydroxyl groups is 1. The number of likely N-dealkylation sites (N-methyl/N-ethyl adjacent to an activating group) is 1. The minimum Gasteiger partial charge on any atom is -0.508 e. The van der Waals surface area contributed by atoms with Gasteiger partial charge in [0.2, 0.25) is 0 Å². The molecular weight excluding hydrogens is 210 g/mol. The van der Waals surface area contributed by atoms with Gasteiger partial charge in [0, 0.05) is 6.54 Å². The second kappa shape index (κ2) is 3.77. The average Bonchev–Trinajstić information content (AvgIpc) is 2.18. The minimum absolute atomic E-state index is 0.0338. The third-order valence-electron chi connectivity index (χ3n) is 2.86. The lowest BCUT2D eigenvalue weighted by molar-refractivity contribution is -0.144. The Morgan fingerprint density at radius 1 is 1.44 bits per heavy atom. The Balaban J connectivity index is 2.54. The summed E-state index contributed by atoms with van der Waals surface area (Å²) in [5.41, 5.74) is 1.03. The number of carboxylic acids is 1. The predicted molar refractivity (Wildman–Crippen MR) is 56.1 cm³/mol. The zero-order chi connectivity index (χ0) is 11.9. The Morgan fingerprint density at radius 2 is 2.12 bits per heavy atom. The standard InChI is InChI=1S/C11H13NO4/c1-12-5-9(14)8-4-6(13)2-3-7(8)10(12)11(15)16/h2-4,9-10,13-14H,5H2,1H3,(H,15,16)/t9-,10-/m0/s1. The Labute approximate surface area is 92.6 Å². The van der Waals surface area contributed by atoms with Crippen molar-refractivity contribution < 1.29 is 20.1 Å². The summed E-state index contributed by atoms with van der Waals surface area (Å²) in [6, 6.07) is 3.63. The molecule has 0 bridgehead atoms. The number of hydrogen-bond acceptors (Lipinski definition) is 4. The number of hydrogen-bond donors (Lipinski definition) is 3. The van der Waals surface area contributed by atoms with Crippen molar-refractivity contribution >= 4 is 5.97 Å². The second-order valence-corrected chi connectivity index (χ2v) is 4.01. The SMILES string of the molecule is CN1C[C@H](O)c2cc(O)ccc2[C@H]1C(=O)O. The number of aliphatic hydroxyl groups is 1.